The molecule has 36 heavy (non-hydrogen) atoms. The fourth-order valence-electron chi connectivity index (χ4n) is 3.68. The van der Waals surface area contributed by atoms with Crippen molar-refractivity contribution in [2.24, 2.45) is 15.8 Å². The number of nitrogens with two attached hydrogens (primary N) is 1. The number of methoxy groups -OCH3 is 1. The van der Waals surface area contributed by atoms with Crippen molar-refractivity contribution in [3.8, 4) is 0 Å². The van der Waals surface area contributed by atoms with E-state index in [1.165, 1.54) is 30.9 Å². The van der Waals surface area contributed by atoms with E-state index >= 15 is 0 Å². The highest BCUT2D eigenvalue weighted by Crippen LogP contribution is 2.50. The average molecular weight is 519 g/mol. The van der Waals surface area contributed by atoms with E-state index in [9.17, 15) is 18.4 Å². The summed E-state index contributed by atoms with van der Waals surface area (Å²) in [6.45, 7) is 1.97. The zero-order valence-corrected chi connectivity index (χ0v) is 20.9. The van der Waals surface area contributed by atoms with Gasteiger partial charge in [0.2, 0.25) is 0 Å². The smallest absolute Gasteiger partial charge is 0.318 e. The van der Waals surface area contributed by atoms with Crippen LogP contribution in [0.2, 0.25) is 0 Å². The largest absolute Gasteiger partial charge is 0.372 e. The van der Waals surface area contributed by atoms with Crippen molar-refractivity contribution < 1.29 is 23.1 Å². The molecule has 0 aromatic heterocycles. The molecule has 192 valence electrons. The van der Waals surface area contributed by atoms with Crippen LogP contribution in [0.15, 0.2) is 58.6 Å². The van der Waals surface area contributed by atoms with Gasteiger partial charge in [-0.05, 0) is 43.5 Å². The number of hydrogen-bond donors (Lipinski definition) is 3. The summed E-state index contributed by atoms with van der Waals surface area (Å²) in [4.78, 5) is 27.4. The highest BCUT2D eigenvalue weighted by molar-refractivity contribution is 8.15. The molecule has 12 heteroatoms. The lowest BCUT2D eigenvalue weighted by Gasteiger charge is -2.37. The van der Waals surface area contributed by atoms with Crippen LogP contribution in [0.25, 0.3) is 0 Å². The van der Waals surface area contributed by atoms with Crippen molar-refractivity contribution in [1.82, 2.24) is 15.6 Å². The van der Waals surface area contributed by atoms with Gasteiger partial charge in [-0.3, -0.25) is 15.1 Å². The lowest BCUT2D eigenvalue weighted by Crippen LogP contribution is -2.47. The number of hydrogen-bond acceptors (Lipinski definition) is 6. The molecule has 1 aliphatic rings. The molecule has 2 aromatic carbocycles. The van der Waals surface area contributed by atoms with Gasteiger partial charge < -0.3 is 15.8 Å². The number of nitrogens with one attached hydrogen (secondary N) is 2. The Morgan fingerprint density at radius 2 is 1.97 bits per heavy atom. The SMILES string of the molecule is CN=C(NCCCC1(c2ccccc2)SC(c2cc(F)ccc2F)=NN1C(=O)[C@H](C)OC)NC(N)=O. The maximum absolute atomic E-state index is 14.7. The summed E-state index contributed by atoms with van der Waals surface area (Å²) in [5.41, 5.74) is 5.87. The predicted octanol–water partition coefficient (Wildman–Crippen LogP) is 3.11. The lowest BCUT2D eigenvalue weighted by molar-refractivity contribution is -0.144. The van der Waals surface area contributed by atoms with Crippen molar-refractivity contribution in [2.45, 2.75) is 30.7 Å². The molecule has 2 aromatic rings. The Morgan fingerprint density at radius 3 is 2.61 bits per heavy atom. The summed E-state index contributed by atoms with van der Waals surface area (Å²) in [5.74, 6) is -1.50. The topological polar surface area (TPSA) is 121 Å². The number of aliphatic imine (C=N–C) groups is 1. The maximum atomic E-state index is 14.7. The Hall–Kier alpha value is -3.51. The Labute approximate surface area is 212 Å². The average Bonchev–Trinajstić information content (AvgIpc) is 3.27. The van der Waals surface area contributed by atoms with Crippen LogP contribution in [0.1, 0.15) is 30.9 Å². The molecule has 2 atom stereocenters. The van der Waals surface area contributed by atoms with E-state index < -0.39 is 34.5 Å². The molecule has 0 aliphatic carbocycles. The Kier molecular flexibility index (Phi) is 8.99. The standard InChI is InChI=1S/C24H28F2N6O3S/c1-15(35-3)21(33)32-24(16-8-5-4-6-9-16,12-7-13-29-23(28-2)30-22(27)34)36-20(31-32)18-14-17(25)10-11-19(18)26/h4-6,8-11,14-15H,7,12-13H2,1-3H3,(H4,27,28,29,30,34)/t15-,24?/m0/s1. The Bertz CT molecular complexity index is 1160. The van der Waals surface area contributed by atoms with Gasteiger partial charge in [-0.2, -0.15) is 5.10 Å². The summed E-state index contributed by atoms with van der Waals surface area (Å²) in [7, 11) is 2.91. The zero-order valence-electron chi connectivity index (χ0n) is 20.1. The fourth-order valence-corrected chi connectivity index (χ4v) is 5.10. The Balaban J connectivity index is 1.99. The van der Waals surface area contributed by atoms with Crippen LogP contribution < -0.4 is 16.4 Å². The minimum Gasteiger partial charge on any atom is -0.372 e. The van der Waals surface area contributed by atoms with Gasteiger partial charge in [0, 0.05) is 26.3 Å². The summed E-state index contributed by atoms with van der Waals surface area (Å²) >= 11 is 1.17. The molecule has 3 amide bonds. The maximum Gasteiger partial charge on any atom is 0.318 e. The van der Waals surface area contributed by atoms with Crippen molar-refractivity contribution in [3.63, 3.8) is 0 Å². The van der Waals surface area contributed by atoms with E-state index in [0.29, 0.717) is 19.4 Å². The van der Waals surface area contributed by atoms with Gasteiger partial charge in [0.15, 0.2) is 5.96 Å². The molecule has 3 rings (SSSR count). The van der Waals surface area contributed by atoms with Gasteiger partial charge >= 0.3 is 6.03 Å². The van der Waals surface area contributed by atoms with Gasteiger partial charge in [0.05, 0.1) is 0 Å². The van der Waals surface area contributed by atoms with Crippen LogP contribution in [0.5, 0.6) is 0 Å². The number of carbonyl (C=O) groups is 2. The van der Waals surface area contributed by atoms with Crippen molar-refractivity contribution in [3.05, 3.63) is 71.3 Å². The molecule has 1 unspecified atom stereocenters. The quantitative estimate of drug-likeness (QED) is 0.282. The van der Waals surface area contributed by atoms with Crippen LogP contribution >= 0.6 is 11.8 Å². The molecule has 1 aliphatic heterocycles. The first kappa shape index (κ1) is 27.1. The number of rotatable bonds is 8. The highest BCUT2D eigenvalue weighted by atomic mass is 32.2. The first-order chi connectivity index (χ1) is 17.2. The van der Waals surface area contributed by atoms with E-state index in [1.807, 2.05) is 30.3 Å². The second kappa shape index (κ2) is 12.0. The molecule has 1 heterocycles. The second-order valence-corrected chi connectivity index (χ2v) is 9.17. The molecule has 0 saturated heterocycles. The normalized spacial score (nSPS) is 18.5. The first-order valence-electron chi connectivity index (χ1n) is 11.1. The van der Waals surface area contributed by atoms with E-state index in [2.05, 4.69) is 20.7 Å². The van der Waals surface area contributed by atoms with Crippen LogP contribution in [0.3, 0.4) is 0 Å². The number of primary amides is 1. The number of thioether (sulfide) groups is 1. The summed E-state index contributed by atoms with van der Waals surface area (Å²) < 4.78 is 34.0. The summed E-state index contributed by atoms with van der Waals surface area (Å²) in [5, 5.41) is 11.3. The monoisotopic (exact) mass is 518 g/mol. The molecule has 4 N–H and O–H groups in total. The van der Waals surface area contributed by atoms with Gasteiger partial charge in [-0.1, -0.05) is 42.1 Å². The van der Waals surface area contributed by atoms with Crippen LogP contribution in [-0.4, -0.2) is 54.8 Å². The molecule has 0 fully saturated rings. The number of nitrogens with zero attached hydrogens (tertiary/aromatic N) is 3. The minimum absolute atomic E-state index is 0.0372. The Morgan fingerprint density at radius 1 is 1.25 bits per heavy atom. The molecule has 0 bridgehead atoms. The highest BCUT2D eigenvalue weighted by Gasteiger charge is 2.49. The number of ether oxygens (including phenoxy) is 1. The van der Waals surface area contributed by atoms with E-state index in [1.54, 1.807) is 6.92 Å². The molecular formula is C24H28F2N6O3S. The van der Waals surface area contributed by atoms with Gasteiger partial charge in [0.1, 0.15) is 27.7 Å². The number of guanidine groups is 1. The number of benzene rings is 2. The van der Waals surface area contributed by atoms with Gasteiger partial charge in [-0.15, -0.1) is 0 Å². The number of amides is 3. The van der Waals surface area contributed by atoms with Crippen molar-refractivity contribution in [2.75, 3.05) is 20.7 Å². The third-order valence-electron chi connectivity index (χ3n) is 5.54. The van der Waals surface area contributed by atoms with Crippen LogP contribution in [-0.2, 0) is 14.4 Å². The van der Waals surface area contributed by atoms with Gasteiger partial charge in [0.25, 0.3) is 5.91 Å². The summed E-state index contributed by atoms with van der Waals surface area (Å²) in [6, 6.07) is 11.6. The molecular weight excluding hydrogens is 490 g/mol. The molecule has 0 saturated carbocycles. The van der Waals surface area contributed by atoms with E-state index in [4.69, 9.17) is 10.5 Å². The van der Waals surface area contributed by atoms with Crippen molar-refractivity contribution in [1.29, 1.82) is 0 Å². The zero-order chi connectivity index (χ0) is 26.3. The van der Waals surface area contributed by atoms with Crippen molar-refractivity contribution >= 4 is 34.7 Å². The van der Waals surface area contributed by atoms with Crippen LogP contribution in [0, 0.1) is 11.6 Å². The van der Waals surface area contributed by atoms with Crippen LogP contribution in [0.4, 0.5) is 13.6 Å². The molecule has 9 nitrogen and oxygen atoms in total. The number of urea groups is 1. The number of hydrazone groups is 1. The lowest BCUT2D eigenvalue weighted by atomic mass is 9.99. The van der Waals surface area contributed by atoms with E-state index in [-0.39, 0.29) is 16.6 Å². The molecule has 0 radical (unpaired) electrons. The first-order valence-corrected chi connectivity index (χ1v) is 12.0. The third-order valence-corrected chi connectivity index (χ3v) is 6.99. The minimum atomic E-state index is -1.07. The van der Waals surface area contributed by atoms with E-state index in [0.717, 1.165) is 23.8 Å². The molecule has 0 spiro atoms. The van der Waals surface area contributed by atoms with Gasteiger partial charge in [-0.25, -0.2) is 18.6 Å². The second-order valence-electron chi connectivity index (χ2n) is 7.90. The number of carbonyl (C=O) groups excluding carboxylic acids is 2. The fraction of sp³-hybridized carbons (Fsp3) is 0.333. The third kappa shape index (κ3) is 6.00. The summed E-state index contributed by atoms with van der Waals surface area (Å²) in [6.07, 6.45) is 0.0285. The predicted molar refractivity (Wildman–Crippen MR) is 135 cm³/mol. The number of halogens is 2.